The SMILES string of the molecule is O=C(CC1CCOC2(CCN(C(=O)COc3ccc(F)cc3)CC2)C1)NCc1ccccc1. The molecule has 2 aliphatic rings. The van der Waals surface area contributed by atoms with Gasteiger partial charge in [0.25, 0.3) is 5.91 Å². The third-order valence-corrected chi connectivity index (χ3v) is 6.60. The molecule has 1 atom stereocenters. The van der Waals surface area contributed by atoms with Crippen molar-refractivity contribution in [3.63, 3.8) is 0 Å². The fourth-order valence-electron chi connectivity index (χ4n) is 4.71. The summed E-state index contributed by atoms with van der Waals surface area (Å²) in [7, 11) is 0. The summed E-state index contributed by atoms with van der Waals surface area (Å²) in [4.78, 5) is 26.8. The first-order chi connectivity index (χ1) is 16.0. The van der Waals surface area contributed by atoms with Crippen LogP contribution in [0.25, 0.3) is 0 Å². The number of nitrogens with one attached hydrogen (secondary N) is 1. The van der Waals surface area contributed by atoms with E-state index in [0.717, 1.165) is 31.2 Å². The van der Waals surface area contributed by atoms with Crippen molar-refractivity contribution in [1.82, 2.24) is 10.2 Å². The van der Waals surface area contributed by atoms with Crippen molar-refractivity contribution >= 4 is 11.8 Å². The summed E-state index contributed by atoms with van der Waals surface area (Å²) >= 11 is 0. The van der Waals surface area contributed by atoms with Gasteiger partial charge in [0.15, 0.2) is 6.61 Å². The number of likely N-dealkylation sites (tertiary alicyclic amines) is 1. The number of carbonyl (C=O) groups excluding carboxylic acids is 2. The molecule has 176 valence electrons. The Morgan fingerprint density at radius 3 is 2.55 bits per heavy atom. The summed E-state index contributed by atoms with van der Waals surface area (Å²) in [5, 5.41) is 3.02. The molecule has 1 N–H and O–H groups in total. The van der Waals surface area contributed by atoms with Crippen LogP contribution < -0.4 is 10.1 Å². The number of rotatable bonds is 7. The van der Waals surface area contributed by atoms with Crippen LogP contribution in [0.5, 0.6) is 5.75 Å². The molecule has 7 heteroatoms. The molecule has 1 unspecified atom stereocenters. The van der Waals surface area contributed by atoms with Crippen LogP contribution >= 0.6 is 0 Å². The van der Waals surface area contributed by atoms with Crippen LogP contribution in [0.3, 0.4) is 0 Å². The summed E-state index contributed by atoms with van der Waals surface area (Å²) in [6.45, 7) is 2.35. The molecule has 6 nitrogen and oxygen atoms in total. The summed E-state index contributed by atoms with van der Waals surface area (Å²) in [6, 6.07) is 15.6. The van der Waals surface area contributed by atoms with Crippen molar-refractivity contribution in [2.24, 2.45) is 5.92 Å². The second kappa shape index (κ2) is 10.8. The fourth-order valence-corrected chi connectivity index (χ4v) is 4.71. The molecule has 0 aromatic heterocycles. The van der Waals surface area contributed by atoms with Gasteiger partial charge in [-0.1, -0.05) is 30.3 Å². The molecular weight excluding hydrogens is 423 g/mol. The first-order valence-electron chi connectivity index (χ1n) is 11.6. The smallest absolute Gasteiger partial charge is 0.260 e. The number of nitrogens with zero attached hydrogens (tertiary/aromatic N) is 1. The minimum Gasteiger partial charge on any atom is -0.484 e. The molecule has 0 bridgehead atoms. The summed E-state index contributed by atoms with van der Waals surface area (Å²) in [6.07, 6.45) is 3.76. The van der Waals surface area contributed by atoms with E-state index in [-0.39, 0.29) is 29.8 Å². The molecular formula is C26H31FN2O4. The standard InChI is InChI=1S/C26H31FN2O4/c27-22-6-8-23(9-7-22)32-19-25(31)29-13-11-26(12-14-29)17-21(10-15-33-26)16-24(30)28-18-20-4-2-1-3-5-20/h1-9,21H,10-19H2,(H,28,30). The molecule has 2 aromatic carbocycles. The predicted molar refractivity (Wildman–Crippen MR) is 122 cm³/mol. The molecule has 0 radical (unpaired) electrons. The monoisotopic (exact) mass is 454 g/mol. The topological polar surface area (TPSA) is 67.9 Å². The maximum Gasteiger partial charge on any atom is 0.260 e. The van der Waals surface area contributed by atoms with Gasteiger partial charge in [0.05, 0.1) is 5.60 Å². The highest BCUT2D eigenvalue weighted by Crippen LogP contribution is 2.38. The molecule has 2 fully saturated rings. The van der Waals surface area contributed by atoms with Crippen LogP contribution in [0, 0.1) is 11.7 Å². The Morgan fingerprint density at radius 1 is 1.09 bits per heavy atom. The number of ether oxygens (including phenoxy) is 2. The minimum atomic E-state index is -0.338. The van der Waals surface area contributed by atoms with Gasteiger partial charge in [-0.3, -0.25) is 9.59 Å². The van der Waals surface area contributed by atoms with Crippen molar-refractivity contribution in [2.45, 2.75) is 44.2 Å². The largest absolute Gasteiger partial charge is 0.484 e. The number of halogens is 1. The highest BCUT2D eigenvalue weighted by molar-refractivity contribution is 5.78. The van der Waals surface area contributed by atoms with Crippen LogP contribution in [0.2, 0.25) is 0 Å². The highest BCUT2D eigenvalue weighted by atomic mass is 19.1. The molecule has 2 saturated heterocycles. The highest BCUT2D eigenvalue weighted by Gasteiger charge is 2.41. The third kappa shape index (κ3) is 6.54. The van der Waals surface area contributed by atoms with E-state index in [1.807, 2.05) is 30.3 Å². The van der Waals surface area contributed by atoms with Gasteiger partial charge in [-0.2, -0.15) is 0 Å². The Morgan fingerprint density at radius 2 is 1.82 bits per heavy atom. The van der Waals surface area contributed by atoms with Gasteiger partial charge in [-0.05, 0) is 61.4 Å². The van der Waals surface area contributed by atoms with E-state index >= 15 is 0 Å². The molecule has 2 heterocycles. The lowest BCUT2D eigenvalue weighted by molar-refractivity contribution is -0.149. The number of carbonyl (C=O) groups is 2. The zero-order valence-electron chi connectivity index (χ0n) is 18.8. The van der Waals surface area contributed by atoms with E-state index in [2.05, 4.69) is 5.32 Å². The normalized spacial score (nSPS) is 19.8. The van der Waals surface area contributed by atoms with E-state index < -0.39 is 0 Å². The predicted octanol–water partition coefficient (Wildman–Crippen LogP) is 3.70. The number of amides is 2. The van der Waals surface area contributed by atoms with E-state index in [1.54, 1.807) is 4.90 Å². The summed E-state index contributed by atoms with van der Waals surface area (Å²) in [5.74, 6) is 0.420. The first kappa shape index (κ1) is 23.2. The quantitative estimate of drug-likeness (QED) is 0.693. The van der Waals surface area contributed by atoms with Gasteiger partial charge >= 0.3 is 0 Å². The number of benzene rings is 2. The van der Waals surface area contributed by atoms with Crippen LogP contribution in [0.4, 0.5) is 4.39 Å². The van der Waals surface area contributed by atoms with Crippen molar-refractivity contribution < 1.29 is 23.5 Å². The van der Waals surface area contributed by atoms with E-state index in [0.29, 0.717) is 44.3 Å². The van der Waals surface area contributed by atoms with Gasteiger partial charge in [0.1, 0.15) is 11.6 Å². The maximum atomic E-state index is 13.0. The lowest BCUT2D eigenvalue weighted by Crippen LogP contribution is -2.51. The van der Waals surface area contributed by atoms with Crippen molar-refractivity contribution in [3.05, 3.63) is 66.0 Å². The lowest BCUT2D eigenvalue weighted by atomic mass is 9.78. The molecule has 4 rings (SSSR count). The molecule has 2 aliphatic heterocycles. The average molecular weight is 455 g/mol. The average Bonchev–Trinajstić information content (AvgIpc) is 2.83. The van der Waals surface area contributed by atoms with Gasteiger partial charge in [-0.15, -0.1) is 0 Å². The molecule has 1 spiro atoms. The number of hydrogen-bond acceptors (Lipinski definition) is 4. The number of piperidine rings is 1. The van der Waals surface area contributed by atoms with E-state index in [9.17, 15) is 14.0 Å². The van der Waals surface area contributed by atoms with Crippen LogP contribution in [-0.4, -0.2) is 48.6 Å². The second-order valence-corrected chi connectivity index (χ2v) is 8.98. The molecule has 0 aliphatic carbocycles. The first-order valence-corrected chi connectivity index (χ1v) is 11.6. The van der Waals surface area contributed by atoms with Crippen LogP contribution in [0.15, 0.2) is 54.6 Å². The molecule has 0 saturated carbocycles. The maximum absolute atomic E-state index is 13.0. The van der Waals surface area contributed by atoms with Crippen LogP contribution in [-0.2, 0) is 20.9 Å². The lowest BCUT2D eigenvalue weighted by Gasteiger charge is -2.46. The zero-order chi connectivity index (χ0) is 23.1. The summed E-state index contributed by atoms with van der Waals surface area (Å²) in [5.41, 5.74) is 0.840. The summed E-state index contributed by atoms with van der Waals surface area (Å²) < 4.78 is 24.7. The van der Waals surface area contributed by atoms with Gasteiger partial charge < -0.3 is 19.7 Å². The Kier molecular flexibility index (Phi) is 7.60. The molecule has 2 amide bonds. The Balaban J connectivity index is 1.20. The van der Waals surface area contributed by atoms with E-state index in [4.69, 9.17) is 9.47 Å². The number of hydrogen-bond donors (Lipinski definition) is 1. The third-order valence-electron chi connectivity index (χ3n) is 6.60. The van der Waals surface area contributed by atoms with Crippen molar-refractivity contribution in [3.8, 4) is 5.75 Å². The van der Waals surface area contributed by atoms with Crippen molar-refractivity contribution in [1.29, 1.82) is 0 Å². The zero-order valence-corrected chi connectivity index (χ0v) is 18.8. The van der Waals surface area contributed by atoms with Gasteiger partial charge in [-0.25, -0.2) is 4.39 Å². The Bertz CT molecular complexity index is 927. The van der Waals surface area contributed by atoms with Crippen LogP contribution in [0.1, 0.15) is 37.7 Å². The van der Waals surface area contributed by atoms with Gasteiger partial charge in [0, 0.05) is 32.7 Å². The van der Waals surface area contributed by atoms with E-state index in [1.165, 1.54) is 24.3 Å². The Labute approximate surface area is 194 Å². The molecule has 2 aromatic rings. The molecule has 33 heavy (non-hydrogen) atoms. The Hall–Kier alpha value is -2.93. The minimum absolute atomic E-state index is 0.0658. The fraction of sp³-hybridized carbons (Fsp3) is 0.462. The van der Waals surface area contributed by atoms with Crippen molar-refractivity contribution in [2.75, 3.05) is 26.3 Å². The van der Waals surface area contributed by atoms with Gasteiger partial charge in [0.2, 0.25) is 5.91 Å². The second-order valence-electron chi connectivity index (χ2n) is 8.98.